The van der Waals surface area contributed by atoms with E-state index >= 15 is 0 Å². The predicted molar refractivity (Wildman–Crippen MR) is 53.3 cm³/mol. The first-order valence-corrected chi connectivity index (χ1v) is 4.30. The van der Waals surface area contributed by atoms with E-state index in [1.54, 1.807) is 32.0 Å². The minimum atomic E-state index is -0.594. The van der Waals surface area contributed by atoms with Gasteiger partial charge < -0.3 is 9.84 Å². The van der Waals surface area contributed by atoms with Crippen LogP contribution in [0.3, 0.4) is 0 Å². The number of ether oxygens (including phenoxy) is 1. The second-order valence-corrected chi connectivity index (χ2v) is 3.62. The molecule has 74 valence electrons. The summed E-state index contributed by atoms with van der Waals surface area (Å²) in [4.78, 5) is 0. The number of phenols is 1. The molecule has 0 unspecified atom stereocenters. The van der Waals surface area contributed by atoms with E-state index in [4.69, 9.17) is 10.00 Å². The van der Waals surface area contributed by atoms with Crippen molar-refractivity contribution in [2.75, 3.05) is 7.11 Å². The van der Waals surface area contributed by atoms with Crippen molar-refractivity contribution in [2.24, 2.45) is 0 Å². The lowest BCUT2D eigenvalue weighted by atomic mass is 9.86. The number of benzene rings is 1. The van der Waals surface area contributed by atoms with E-state index in [1.807, 2.05) is 0 Å². The molecule has 0 fully saturated rings. The van der Waals surface area contributed by atoms with Crippen LogP contribution in [0.1, 0.15) is 19.4 Å². The summed E-state index contributed by atoms with van der Waals surface area (Å²) in [7, 11) is 1.49. The molecule has 0 aliphatic rings. The Morgan fingerprint density at radius 1 is 1.43 bits per heavy atom. The molecule has 0 aromatic heterocycles. The second kappa shape index (κ2) is 3.59. The van der Waals surface area contributed by atoms with Crippen LogP contribution < -0.4 is 4.74 Å². The zero-order valence-electron chi connectivity index (χ0n) is 8.53. The number of hydrogen-bond acceptors (Lipinski definition) is 3. The third-order valence-electron chi connectivity index (χ3n) is 2.18. The van der Waals surface area contributed by atoms with Crippen molar-refractivity contribution >= 4 is 0 Å². The van der Waals surface area contributed by atoms with Gasteiger partial charge in [0.15, 0.2) is 11.5 Å². The van der Waals surface area contributed by atoms with Gasteiger partial charge >= 0.3 is 0 Å². The van der Waals surface area contributed by atoms with Gasteiger partial charge in [0.25, 0.3) is 0 Å². The molecule has 0 spiro atoms. The molecule has 3 heteroatoms. The SMILES string of the molecule is COc1ccc(C(C)(C)C#N)cc1O. The van der Waals surface area contributed by atoms with E-state index in [0.717, 1.165) is 5.56 Å². The molecule has 0 aliphatic carbocycles. The smallest absolute Gasteiger partial charge is 0.160 e. The number of methoxy groups -OCH3 is 1. The standard InChI is InChI=1S/C11H13NO2/c1-11(2,7-12)8-4-5-10(14-3)9(13)6-8/h4-6,13H,1-3H3. The Labute approximate surface area is 83.6 Å². The van der Waals surface area contributed by atoms with Crippen LogP contribution in [0.25, 0.3) is 0 Å². The van der Waals surface area contributed by atoms with Gasteiger partial charge in [0.05, 0.1) is 18.6 Å². The van der Waals surface area contributed by atoms with Gasteiger partial charge in [-0.2, -0.15) is 5.26 Å². The Balaban J connectivity index is 3.17. The van der Waals surface area contributed by atoms with Crippen molar-refractivity contribution in [1.82, 2.24) is 0 Å². The first-order chi connectivity index (χ1) is 6.51. The number of nitrogens with zero attached hydrogens (tertiary/aromatic N) is 1. The van der Waals surface area contributed by atoms with Crippen LogP contribution in [-0.2, 0) is 5.41 Å². The number of aromatic hydroxyl groups is 1. The van der Waals surface area contributed by atoms with Gasteiger partial charge in [-0.25, -0.2) is 0 Å². The maximum Gasteiger partial charge on any atom is 0.160 e. The Kier molecular flexibility index (Phi) is 2.66. The highest BCUT2D eigenvalue weighted by Gasteiger charge is 2.20. The molecule has 3 nitrogen and oxygen atoms in total. The fourth-order valence-corrected chi connectivity index (χ4v) is 1.14. The van der Waals surface area contributed by atoms with Gasteiger partial charge in [-0.3, -0.25) is 0 Å². The lowest BCUT2D eigenvalue weighted by molar-refractivity contribution is 0.372. The molecule has 0 radical (unpaired) electrons. The van der Waals surface area contributed by atoms with Crippen LogP contribution in [0.5, 0.6) is 11.5 Å². The molecular formula is C11H13NO2. The van der Waals surface area contributed by atoms with E-state index in [2.05, 4.69) is 6.07 Å². The molecule has 1 aromatic rings. The van der Waals surface area contributed by atoms with Crippen molar-refractivity contribution in [3.63, 3.8) is 0 Å². The van der Waals surface area contributed by atoms with Crippen LogP contribution in [0.4, 0.5) is 0 Å². The number of rotatable bonds is 2. The Morgan fingerprint density at radius 2 is 2.07 bits per heavy atom. The van der Waals surface area contributed by atoms with Crippen LogP contribution in [0.15, 0.2) is 18.2 Å². The quantitative estimate of drug-likeness (QED) is 0.779. The van der Waals surface area contributed by atoms with Crippen LogP contribution in [-0.4, -0.2) is 12.2 Å². The molecule has 14 heavy (non-hydrogen) atoms. The monoisotopic (exact) mass is 191 g/mol. The molecular weight excluding hydrogens is 178 g/mol. The van der Waals surface area contributed by atoms with E-state index in [1.165, 1.54) is 7.11 Å². The van der Waals surface area contributed by atoms with Gasteiger partial charge in [0.2, 0.25) is 0 Å². The van der Waals surface area contributed by atoms with Crippen LogP contribution in [0, 0.1) is 11.3 Å². The Bertz CT molecular complexity index is 377. The average molecular weight is 191 g/mol. The molecule has 0 amide bonds. The predicted octanol–water partition coefficient (Wildman–Crippen LogP) is 2.20. The fraction of sp³-hybridized carbons (Fsp3) is 0.364. The summed E-state index contributed by atoms with van der Waals surface area (Å²) in [5, 5.41) is 18.4. The zero-order chi connectivity index (χ0) is 10.8. The maximum absolute atomic E-state index is 9.52. The van der Waals surface area contributed by atoms with Crippen molar-refractivity contribution in [3.8, 4) is 17.6 Å². The summed E-state index contributed by atoms with van der Waals surface area (Å²) in [5.74, 6) is 0.482. The molecule has 0 atom stereocenters. The van der Waals surface area contributed by atoms with E-state index < -0.39 is 5.41 Å². The van der Waals surface area contributed by atoms with Gasteiger partial charge in [-0.1, -0.05) is 6.07 Å². The Hall–Kier alpha value is -1.69. The highest BCUT2D eigenvalue weighted by atomic mass is 16.5. The molecule has 1 rings (SSSR count). The fourth-order valence-electron chi connectivity index (χ4n) is 1.14. The molecule has 0 aliphatic heterocycles. The molecule has 0 saturated heterocycles. The van der Waals surface area contributed by atoms with Crippen LogP contribution in [0.2, 0.25) is 0 Å². The molecule has 0 bridgehead atoms. The van der Waals surface area contributed by atoms with Gasteiger partial charge in [0, 0.05) is 0 Å². The first kappa shape index (κ1) is 10.4. The lowest BCUT2D eigenvalue weighted by Crippen LogP contribution is -2.13. The van der Waals surface area contributed by atoms with E-state index in [-0.39, 0.29) is 5.75 Å². The number of phenolic OH excluding ortho intramolecular Hbond substituents is 1. The van der Waals surface area contributed by atoms with E-state index in [9.17, 15) is 5.11 Å². The molecule has 0 heterocycles. The summed E-state index contributed by atoms with van der Waals surface area (Å²) >= 11 is 0. The third-order valence-corrected chi connectivity index (χ3v) is 2.18. The normalized spacial score (nSPS) is 10.7. The van der Waals surface area contributed by atoms with Crippen molar-refractivity contribution < 1.29 is 9.84 Å². The van der Waals surface area contributed by atoms with E-state index in [0.29, 0.717) is 5.75 Å². The third kappa shape index (κ3) is 1.80. The highest BCUT2D eigenvalue weighted by molar-refractivity contribution is 5.45. The summed E-state index contributed by atoms with van der Waals surface area (Å²) in [6.07, 6.45) is 0. The summed E-state index contributed by atoms with van der Waals surface area (Å²) < 4.78 is 4.91. The van der Waals surface area contributed by atoms with Gasteiger partial charge in [-0.15, -0.1) is 0 Å². The van der Waals surface area contributed by atoms with Gasteiger partial charge in [-0.05, 0) is 31.5 Å². The largest absolute Gasteiger partial charge is 0.504 e. The van der Waals surface area contributed by atoms with Crippen molar-refractivity contribution in [3.05, 3.63) is 23.8 Å². The molecule has 0 saturated carbocycles. The van der Waals surface area contributed by atoms with Gasteiger partial charge in [0.1, 0.15) is 0 Å². The summed E-state index contributed by atoms with van der Waals surface area (Å²) in [5.41, 5.74) is 0.183. The van der Waals surface area contributed by atoms with Crippen LogP contribution >= 0.6 is 0 Å². The number of nitriles is 1. The van der Waals surface area contributed by atoms with Crippen molar-refractivity contribution in [1.29, 1.82) is 5.26 Å². The Morgan fingerprint density at radius 3 is 2.50 bits per heavy atom. The highest BCUT2D eigenvalue weighted by Crippen LogP contribution is 2.31. The minimum absolute atomic E-state index is 0.0633. The number of hydrogen-bond donors (Lipinski definition) is 1. The molecule has 1 N–H and O–H groups in total. The summed E-state index contributed by atoms with van der Waals surface area (Å²) in [6, 6.07) is 7.16. The molecule has 1 aromatic carbocycles. The maximum atomic E-state index is 9.52. The van der Waals surface area contributed by atoms with Crippen molar-refractivity contribution in [2.45, 2.75) is 19.3 Å². The lowest BCUT2D eigenvalue weighted by Gasteiger charge is -2.16. The first-order valence-electron chi connectivity index (χ1n) is 4.30. The zero-order valence-corrected chi connectivity index (χ0v) is 8.53. The average Bonchev–Trinajstić information content (AvgIpc) is 2.17. The minimum Gasteiger partial charge on any atom is -0.504 e. The second-order valence-electron chi connectivity index (χ2n) is 3.62. The topological polar surface area (TPSA) is 53.2 Å². The summed E-state index contributed by atoms with van der Waals surface area (Å²) in [6.45, 7) is 3.60.